The molecule has 1 atom stereocenters. The Morgan fingerprint density at radius 1 is 1.41 bits per heavy atom. The number of carbonyl (C=O) groups is 1. The number of rotatable bonds is 4. The van der Waals surface area contributed by atoms with Gasteiger partial charge in [0.2, 0.25) is 0 Å². The van der Waals surface area contributed by atoms with Gasteiger partial charge in [-0.1, -0.05) is 19.4 Å². The zero-order chi connectivity index (χ0) is 16.3. The predicted molar refractivity (Wildman–Crippen MR) is 81.9 cm³/mol. The van der Waals surface area contributed by atoms with Crippen LogP contribution in [-0.4, -0.2) is 18.2 Å². The first-order chi connectivity index (χ1) is 10.5. The lowest BCUT2D eigenvalue weighted by Gasteiger charge is -2.31. The highest BCUT2D eigenvalue weighted by molar-refractivity contribution is 7.80. The van der Waals surface area contributed by atoms with E-state index in [1.165, 1.54) is 13.2 Å². The van der Waals surface area contributed by atoms with Crippen LogP contribution >= 0.6 is 12.2 Å². The molecule has 0 bridgehead atoms. The molecule has 0 spiro atoms. The van der Waals surface area contributed by atoms with E-state index in [-0.39, 0.29) is 16.2 Å². The van der Waals surface area contributed by atoms with Crippen molar-refractivity contribution in [3.8, 4) is 0 Å². The van der Waals surface area contributed by atoms with Crippen molar-refractivity contribution in [2.75, 3.05) is 7.11 Å². The number of methoxy groups -OCH3 is 1. The van der Waals surface area contributed by atoms with Crippen LogP contribution in [0.3, 0.4) is 0 Å². The summed E-state index contributed by atoms with van der Waals surface area (Å²) in [7, 11) is 1.25. The maximum absolute atomic E-state index is 14.1. The first-order valence-corrected chi connectivity index (χ1v) is 7.22. The van der Waals surface area contributed by atoms with Gasteiger partial charge >= 0.3 is 5.97 Å². The van der Waals surface area contributed by atoms with Crippen LogP contribution < -0.4 is 10.6 Å². The molecule has 0 unspecified atom stereocenters. The molecule has 2 rings (SSSR count). The van der Waals surface area contributed by atoms with Crippen LogP contribution in [0, 0.1) is 11.6 Å². The standard InChI is InChI=1S/C15H16F2N2O2S/c1-3-4-11-12(14(20)21-2)13(19-15(22)18-11)9-6-5-8(16)7-10(9)17/h5-7,13H,3-4H2,1-2H3,(H2,18,19,22)/t13-/m1/s1. The van der Waals surface area contributed by atoms with Gasteiger partial charge in [-0.15, -0.1) is 0 Å². The molecule has 7 heteroatoms. The molecular formula is C15H16F2N2O2S. The SMILES string of the molecule is CCCC1=C(C(=O)OC)[C@@H](c2ccc(F)cc2F)NC(=S)N1. The lowest BCUT2D eigenvalue weighted by Crippen LogP contribution is -2.46. The van der Waals surface area contributed by atoms with Crippen LogP contribution in [0.4, 0.5) is 8.78 Å². The fraction of sp³-hybridized carbons (Fsp3) is 0.333. The van der Waals surface area contributed by atoms with Crippen molar-refractivity contribution < 1.29 is 18.3 Å². The summed E-state index contributed by atoms with van der Waals surface area (Å²) >= 11 is 5.11. The molecule has 0 aliphatic carbocycles. The average molecular weight is 326 g/mol. The molecule has 0 saturated carbocycles. The van der Waals surface area contributed by atoms with Crippen molar-refractivity contribution >= 4 is 23.3 Å². The fourth-order valence-electron chi connectivity index (χ4n) is 2.39. The Labute approximate surface area is 132 Å². The second-order valence-electron chi connectivity index (χ2n) is 4.83. The highest BCUT2D eigenvalue weighted by Crippen LogP contribution is 2.31. The molecule has 1 aromatic rings. The molecule has 1 aromatic carbocycles. The lowest BCUT2D eigenvalue weighted by atomic mass is 9.93. The van der Waals surface area contributed by atoms with Crippen molar-refractivity contribution in [2.24, 2.45) is 0 Å². The van der Waals surface area contributed by atoms with Gasteiger partial charge in [0.05, 0.1) is 18.7 Å². The average Bonchev–Trinajstić information content (AvgIpc) is 2.46. The smallest absolute Gasteiger partial charge is 0.337 e. The maximum Gasteiger partial charge on any atom is 0.337 e. The number of hydrogen-bond donors (Lipinski definition) is 2. The number of halogens is 2. The summed E-state index contributed by atoms with van der Waals surface area (Å²) in [4.78, 5) is 12.1. The number of esters is 1. The molecule has 4 nitrogen and oxygen atoms in total. The van der Waals surface area contributed by atoms with E-state index in [1.54, 1.807) is 0 Å². The van der Waals surface area contributed by atoms with Gasteiger partial charge in [0.25, 0.3) is 0 Å². The topological polar surface area (TPSA) is 50.4 Å². The summed E-state index contributed by atoms with van der Waals surface area (Å²) in [6, 6.07) is 2.39. The largest absolute Gasteiger partial charge is 0.466 e. The van der Waals surface area contributed by atoms with Crippen LogP contribution in [0.1, 0.15) is 31.4 Å². The summed E-state index contributed by atoms with van der Waals surface area (Å²) in [6.07, 6.45) is 1.33. The van der Waals surface area contributed by atoms with Gasteiger partial charge in [0.15, 0.2) is 5.11 Å². The van der Waals surface area contributed by atoms with Gasteiger partial charge in [-0.2, -0.15) is 0 Å². The van der Waals surface area contributed by atoms with Crippen LogP contribution in [0.2, 0.25) is 0 Å². The van der Waals surface area contributed by atoms with E-state index in [1.807, 2.05) is 6.92 Å². The predicted octanol–water partition coefficient (Wildman–Crippen LogP) is 2.71. The number of ether oxygens (including phenoxy) is 1. The summed E-state index contributed by atoms with van der Waals surface area (Å²) in [6.45, 7) is 1.95. The van der Waals surface area contributed by atoms with E-state index < -0.39 is 23.6 Å². The van der Waals surface area contributed by atoms with E-state index >= 15 is 0 Å². The van der Waals surface area contributed by atoms with Crippen molar-refractivity contribution in [1.82, 2.24) is 10.6 Å². The van der Waals surface area contributed by atoms with Crippen molar-refractivity contribution in [3.05, 3.63) is 46.7 Å². The molecular weight excluding hydrogens is 310 g/mol. The molecule has 2 N–H and O–H groups in total. The third-order valence-electron chi connectivity index (χ3n) is 3.33. The quantitative estimate of drug-likeness (QED) is 0.658. The monoisotopic (exact) mass is 326 g/mol. The Kier molecular flexibility index (Phi) is 5.07. The molecule has 1 aliphatic heterocycles. The molecule has 1 heterocycles. The van der Waals surface area contributed by atoms with Crippen LogP contribution in [0.25, 0.3) is 0 Å². The molecule has 0 fully saturated rings. The van der Waals surface area contributed by atoms with E-state index in [2.05, 4.69) is 10.6 Å². The summed E-state index contributed by atoms with van der Waals surface area (Å²) in [5.74, 6) is -2.02. The number of nitrogens with one attached hydrogen (secondary N) is 2. The fourth-order valence-corrected chi connectivity index (χ4v) is 2.63. The summed E-state index contributed by atoms with van der Waals surface area (Å²) < 4.78 is 32.0. The zero-order valence-corrected chi connectivity index (χ0v) is 13.0. The number of hydrogen-bond acceptors (Lipinski definition) is 3. The van der Waals surface area contributed by atoms with E-state index in [4.69, 9.17) is 17.0 Å². The molecule has 0 amide bonds. The molecule has 0 saturated heterocycles. The minimum Gasteiger partial charge on any atom is -0.466 e. The van der Waals surface area contributed by atoms with Gasteiger partial charge < -0.3 is 15.4 Å². The van der Waals surface area contributed by atoms with Gasteiger partial charge in [0.1, 0.15) is 11.6 Å². The van der Waals surface area contributed by atoms with Gasteiger partial charge in [0, 0.05) is 17.3 Å². The Balaban J connectivity index is 2.56. The van der Waals surface area contributed by atoms with Gasteiger partial charge in [-0.25, -0.2) is 13.6 Å². The first kappa shape index (κ1) is 16.4. The minimum atomic E-state index is -0.816. The Morgan fingerprint density at radius 3 is 2.73 bits per heavy atom. The molecule has 1 aliphatic rings. The van der Waals surface area contributed by atoms with Crippen LogP contribution in [0.15, 0.2) is 29.5 Å². The molecule has 118 valence electrons. The first-order valence-electron chi connectivity index (χ1n) is 6.81. The number of benzene rings is 1. The number of allylic oxidation sites excluding steroid dienone is 1. The molecule has 22 heavy (non-hydrogen) atoms. The normalized spacial score (nSPS) is 17.8. The van der Waals surface area contributed by atoms with E-state index in [0.717, 1.165) is 18.6 Å². The summed E-state index contributed by atoms with van der Waals surface area (Å²) in [5.41, 5.74) is 0.981. The maximum atomic E-state index is 14.1. The second kappa shape index (κ2) is 6.83. The Bertz CT molecular complexity index is 646. The van der Waals surface area contributed by atoms with Gasteiger partial charge in [-0.3, -0.25) is 0 Å². The highest BCUT2D eigenvalue weighted by atomic mass is 32.1. The number of carbonyl (C=O) groups excluding carboxylic acids is 1. The van der Waals surface area contributed by atoms with E-state index in [9.17, 15) is 13.6 Å². The molecule has 0 aromatic heterocycles. The second-order valence-corrected chi connectivity index (χ2v) is 5.24. The van der Waals surface area contributed by atoms with Crippen molar-refractivity contribution in [1.29, 1.82) is 0 Å². The van der Waals surface area contributed by atoms with Crippen molar-refractivity contribution in [2.45, 2.75) is 25.8 Å². The minimum absolute atomic E-state index is 0.138. The lowest BCUT2D eigenvalue weighted by molar-refractivity contribution is -0.136. The van der Waals surface area contributed by atoms with Crippen LogP contribution in [-0.2, 0) is 9.53 Å². The van der Waals surface area contributed by atoms with Gasteiger partial charge in [-0.05, 0) is 24.7 Å². The summed E-state index contributed by atoms with van der Waals surface area (Å²) in [5, 5.41) is 6.04. The molecule has 0 radical (unpaired) electrons. The third-order valence-corrected chi connectivity index (χ3v) is 3.55. The number of thiocarbonyl (C=S) groups is 1. The Morgan fingerprint density at radius 2 is 2.14 bits per heavy atom. The van der Waals surface area contributed by atoms with Crippen molar-refractivity contribution in [3.63, 3.8) is 0 Å². The third kappa shape index (κ3) is 3.24. The van der Waals surface area contributed by atoms with Crippen LogP contribution in [0.5, 0.6) is 0 Å². The Hall–Kier alpha value is -2.02. The highest BCUT2D eigenvalue weighted by Gasteiger charge is 2.33. The van der Waals surface area contributed by atoms with E-state index in [0.29, 0.717) is 12.1 Å². The zero-order valence-electron chi connectivity index (χ0n) is 12.2.